The molecule has 3 heterocycles. The van der Waals surface area contributed by atoms with Gasteiger partial charge in [0, 0.05) is 36.9 Å². The number of rotatable bonds is 3. The lowest BCUT2D eigenvalue weighted by Crippen LogP contribution is -2.47. The molecule has 0 bridgehead atoms. The van der Waals surface area contributed by atoms with Crippen molar-refractivity contribution in [2.45, 2.75) is 32.0 Å². The molecule has 2 aromatic rings. The van der Waals surface area contributed by atoms with Crippen LogP contribution in [0, 0.1) is 6.92 Å². The van der Waals surface area contributed by atoms with Gasteiger partial charge in [0.2, 0.25) is 5.91 Å². The largest absolute Gasteiger partial charge is 0.347 e. The number of piperidine rings is 1. The summed E-state index contributed by atoms with van der Waals surface area (Å²) in [5, 5.41) is 2.95. The lowest BCUT2D eigenvalue weighted by atomic mass is 10.0. The molecule has 0 aliphatic carbocycles. The zero-order valence-corrected chi connectivity index (χ0v) is 15.2. The van der Waals surface area contributed by atoms with Gasteiger partial charge in [-0.05, 0) is 6.92 Å². The number of aromatic nitrogens is 1. The third kappa shape index (κ3) is 3.61. The molecule has 0 unspecified atom stereocenters. The van der Waals surface area contributed by atoms with E-state index < -0.39 is 5.79 Å². The quantitative estimate of drug-likeness (QED) is 0.846. The SMILES string of the molecule is Cc1ccc(-c2nc(CC(=O)N3CCC4(CC3)OCCO4)cs2)cc1. The van der Waals surface area contributed by atoms with Crippen molar-refractivity contribution in [3.8, 4) is 10.6 Å². The van der Waals surface area contributed by atoms with E-state index in [4.69, 9.17) is 9.47 Å². The lowest BCUT2D eigenvalue weighted by molar-refractivity contribution is -0.187. The number of benzene rings is 1. The third-order valence-corrected chi connectivity index (χ3v) is 5.81. The summed E-state index contributed by atoms with van der Waals surface area (Å²) in [7, 11) is 0. The number of nitrogens with zero attached hydrogens (tertiary/aromatic N) is 2. The number of amides is 1. The molecule has 0 atom stereocenters. The van der Waals surface area contributed by atoms with E-state index in [9.17, 15) is 4.79 Å². The number of ether oxygens (including phenoxy) is 2. The first-order chi connectivity index (χ1) is 12.1. The van der Waals surface area contributed by atoms with Crippen LogP contribution >= 0.6 is 11.3 Å². The number of carbonyl (C=O) groups excluding carboxylic acids is 1. The Bertz CT molecular complexity index is 740. The van der Waals surface area contributed by atoms with E-state index in [2.05, 4.69) is 36.2 Å². The molecule has 1 amide bonds. The summed E-state index contributed by atoms with van der Waals surface area (Å²) in [6, 6.07) is 8.31. The first kappa shape index (κ1) is 16.7. The minimum Gasteiger partial charge on any atom is -0.347 e. The average molecular weight is 358 g/mol. The summed E-state index contributed by atoms with van der Waals surface area (Å²) in [4.78, 5) is 19.1. The summed E-state index contributed by atoms with van der Waals surface area (Å²) >= 11 is 1.59. The fourth-order valence-corrected chi connectivity index (χ4v) is 4.19. The van der Waals surface area contributed by atoms with E-state index in [1.807, 2.05) is 10.3 Å². The van der Waals surface area contributed by atoms with Gasteiger partial charge in [-0.2, -0.15) is 0 Å². The summed E-state index contributed by atoms with van der Waals surface area (Å²) in [6.45, 7) is 4.77. The Morgan fingerprint density at radius 1 is 1.20 bits per heavy atom. The van der Waals surface area contributed by atoms with Gasteiger partial charge in [-0.1, -0.05) is 29.8 Å². The van der Waals surface area contributed by atoms with Gasteiger partial charge in [0.25, 0.3) is 0 Å². The average Bonchev–Trinajstić information content (AvgIpc) is 3.26. The maximum atomic E-state index is 12.6. The minimum absolute atomic E-state index is 0.133. The van der Waals surface area contributed by atoms with Crippen LogP contribution in [0.2, 0.25) is 0 Å². The van der Waals surface area contributed by atoms with E-state index in [-0.39, 0.29) is 5.91 Å². The Morgan fingerprint density at radius 2 is 1.88 bits per heavy atom. The molecule has 4 rings (SSSR count). The summed E-state index contributed by atoms with van der Waals surface area (Å²) in [5.41, 5.74) is 3.18. The highest BCUT2D eigenvalue weighted by Gasteiger charge is 2.40. The first-order valence-electron chi connectivity index (χ1n) is 8.71. The highest BCUT2D eigenvalue weighted by molar-refractivity contribution is 7.13. The van der Waals surface area contributed by atoms with Crippen molar-refractivity contribution in [3.05, 3.63) is 40.9 Å². The smallest absolute Gasteiger partial charge is 0.228 e. The van der Waals surface area contributed by atoms with Crippen LogP contribution in [0.1, 0.15) is 24.1 Å². The molecule has 0 radical (unpaired) electrons. The predicted molar refractivity (Wildman–Crippen MR) is 96.4 cm³/mol. The van der Waals surface area contributed by atoms with Crippen LogP contribution < -0.4 is 0 Å². The minimum atomic E-state index is -0.435. The molecule has 1 spiro atoms. The molecule has 132 valence electrons. The van der Waals surface area contributed by atoms with Crippen molar-refractivity contribution in [2.75, 3.05) is 26.3 Å². The molecule has 0 saturated carbocycles. The van der Waals surface area contributed by atoms with Crippen LogP contribution in [0.4, 0.5) is 0 Å². The van der Waals surface area contributed by atoms with Gasteiger partial charge >= 0.3 is 0 Å². The standard InChI is InChI=1S/C19H22N2O3S/c1-14-2-4-15(5-3-14)18-20-16(13-25-18)12-17(22)21-8-6-19(7-9-21)23-10-11-24-19/h2-5,13H,6-12H2,1H3. The molecule has 2 aliphatic rings. The number of likely N-dealkylation sites (tertiary alicyclic amines) is 1. The molecular weight excluding hydrogens is 336 g/mol. The monoisotopic (exact) mass is 358 g/mol. The molecule has 1 aromatic carbocycles. The molecular formula is C19H22N2O3S. The van der Waals surface area contributed by atoms with Crippen molar-refractivity contribution >= 4 is 17.2 Å². The first-order valence-corrected chi connectivity index (χ1v) is 9.59. The van der Waals surface area contributed by atoms with E-state index in [1.54, 1.807) is 11.3 Å². The van der Waals surface area contributed by atoms with Crippen LogP contribution in [0.3, 0.4) is 0 Å². The van der Waals surface area contributed by atoms with Crippen molar-refractivity contribution in [1.29, 1.82) is 0 Å². The molecule has 5 nitrogen and oxygen atoms in total. The molecule has 2 fully saturated rings. The van der Waals surface area contributed by atoms with Gasteiger partial charge in [0.1, 0.15) is 5.01 Å². The summed E-state index contributed by atoms with van der Waals surface area (Å²) < 4.78 is 11.4. The van der Waals surface area contributed by atoms with Crippen molar-refractivity contribution in [3.63, 3.8) is 0 Å². The van der Waals surface area contributed by atoms with Crippen molar-refractivity contribution < 1.29 is 14.3 Å². The maximum Gasteiger partial charge on any atom is 0.228 e. The van der Waals surface area contributed by atoms with Crippen LogP contribution in [-0.4, -0.2) is 47.9 Å². The number of hydrogen-bond acceptors (Lipinski definition) is 5. The van der Waals surface area contributed by atoms with Crippen LogP contribution in [0.5, 0.6) is 0 Å². The van der Waals surface area contributed by atoms with Gasteiger partial charge < -0.3 is 14.4 Å². The van der Waals surface area contributed by atoms with Gasteiger partial charge in [-0.25, -0.2) is 4.98 Å². The zero-order valence-electron chi connectivity index (χ0n) is 14.4. The second-order valence-electron chi connectivity index (χ2n) is 6.68. The highest BCUT2D eigenvalue weighted by atomic mass is 32.1. The molecule has 6 heteroatoms. The third-order valence-electron chi connectivity index (χ3n) is 4.87. The Balaban J connectivity index is 1.36. The maximum absolute atomic E-state index is 12.6. The van der Waals surface area contributed by atoms with Gasteiger partial charge in [-0.15, -0.1) is 11.3 Å². The van der Waals surface area contributed by atoms with Crippen molar-refractivity contribution in [2.24, 2.45) is 0 Å². The van der Waals surface area contributed by atoms with Crippen molar-refractivity contribution in [1.82, 2.24) is 9.88 Å². The molecule has 0 N–H and O–H groups in total. The number of carbonyl (C=O) groups is 1. The van der Waals surface area contributed by atoms with Gasteiger partial charge in [-0.3, -0.25) is 4.79 Å². The fourth-order valence-electron chi connectivity index (χ4n) is 3.37. The number of thiazole rings is 1. The molecule has 2 aliphatic heterocycles. The highest BCUT2D eigenvalue weighted by Crippen LogP contribution is 2.31. The van der Waals surface area contributed by atoms with Crippen LogP contribution in [0.25, 0.3) is 10.6 Å². The van der Waals surface area contributed by atoms with E-state index >= 15 is 0 Å². The topological polar surface area (TPSA) is 51.7 Å². The van der Waals surface area contributed by atoms with Gasteiger partial charge in [0.15, 0.2) is 5.79 Å². The Morgan fingerprint density at radius 3 is 2.56 bits per heavy atom. The second-order valence-corrected chi connectivity index (χ2v) is 7.53. The summed E-state index contributed by atoms with van der Waals surface area (Å²) in [5.74, 6) is -0.302. The molecule has 1 aromatic heterocycles. The molecule has 25 heavy (non-hydrogen) atoms. The number of aryl methyl sites for hydroxylation is 1. The normalized spacial score (nSPS) is 19.5. The zero-order chi connectivity index (χ0) is 17.3. The van der Waals surface area contributed by atoms with E-state index in [0.29, 0.717) is 32.7 Å². The van der Waals surface area contributed by atoms with Gasteiger partial charge in [0.05, 0.1) is 25.3 Å². The van der Waals surface area contributed by atoms with Crippen LogP contribution in [-0.2, 0) is 20.7 Å². The van der Waals surface area contributed by atoms with Crippen LogP contribution in [0.15, 0.2) is 29.6 Å². The Labute approximate surface area is 151 Å². The lowest BCUT2D eigenvalue weighted by Gasteiger charge is -2.37. The predicted octanol–water partition coefficient (Wildman–Crippen LogP) is 3.03. The fraction of sp³-hybridized carbons (Fsp3) is 0.474. The second kappa shape index (κ2) is 6.86. The Hall–Kier alpha value is -1.76. The Kier molecular flexibility index (Phi) is 4.58. The van der Waals surface area contributed by atoms with E-state index in [0.717, 1.165) is 29.1 Å². The number of hydrogen-bond donors (Lipinski definition) is 0. The summed E-state index contributed by atoms with van der Waals surface area (Å²) in [6.07, 6.45) is 1.87. The van der Waals surface area contributed by atoms with E-state index in [1.165, 1.54) is 5.56 Å². The molecule has 2 saturated heterocycles.